The van der Waals surface area contributed by atoms with Crippen molar-refractivity contribution in [3.63, 3.8) is 0 Å². The molecule has 5 heteroatoms. The smallest absolute Gasteiger partial charge is 1.00 e. The molecule has 0 heterocycles. The molecular formula is C5H14CaN2O2. The Bertz CT molecular complexity index is 124. The molecule has 0 amide bonds. The molecule has 0 aromatic rings. The molecule has 0 aliphatic carbocycles. The minimum Gasteiger partial charge on any atom is -1.00 e. The summed E-state index contributed by atoms with van der Waals surface area (Å²) in [5, 5.41) is 8.22. The van der Waals surface area contributed by atoms with Crippen LogP contribution in [-0.2, 0) is 4.79 Å². The van der Waals surface area contributed by atoms with E-state index in [1.54, 1.807) is 6.92 Å². The van der Waals surface area contributed by atoms with Gasteiger partial charge >= 0.3 is 43.7 Å². The van der Waals surface area contributed by atoms with Crippen molar-refractivity contribution < 1.29 is 12.8 Å². The largest absolute Gasteiger partial charge is 2.00 e. The maximum Gasteiger partial charge on any atom is 2.00 e. The summed E-state index contributed by atoms with van der Waals surface area (Å²) in [5.41, 5.74) is 9.59. The summed E-state index contributed by atoms with van der Waals surface area (Å²) in [6.07, 6.45) is 0.294. The van der Waals surface area contributed by atoms with Gasteiger partial charge in [0, 0.05) is 0 Å². The van der Waals surface area contributed by atoms with E-state index in [1.807, 2.05) is 0 Å². The van der Waals surface area contributed by atoms with Gasteiger partial charge in [0.25, 0.3) is 0 Å². The quantitative estimate of drug-likeness (QED) is 0.391. The van der Waals surface area contributed by atoms with Crippen molar-refractivity contribution in [2.24, 2.45) is 11.5 Å². The van der Waals surface area contributed by atoms with Crippen molar-refractivity contribution in [1.29, 1.82) is 0 Å². The standard InChI is InChI=1S/C5H12N2O2.Ca.2H/c1-2-5(6,7)3-4(8)9;;;/h2-3,6-7H2,1H3,(H,8,9);;;/q;+2;2*-1. The van der Waals surface area contributed by atoms with E-state index in [1.165, 1.54) is 0 Å². The van der Waals surface area contributed by atoms with Crippen LogP contribution >= 0.6 is 0 Å². The zero-order chi connectivity index (χ0) is 7.49. The van der Waals surface area contributed by atoms with E-state index < -0.39 is 11.6 Å². The van der Waals surface area contributed by atoms with E-state index >= 15 is 0 Å². The number of nitrogens with two attached hydrogens (primary N) is 2. The number of aliphatic carboxylic acids is 1. The monoisotopic (exact) mass is 174 g/mol. The summed E-state index contributed by atoms with van der Waals surface area (Å²) in [7, 11) is 0. The number of carboxylic acids is 1. The molecule has 0 unspecified atom stereocenters. The molecule has 0 aromatic heterocycles. The Balaban J connectivity index is -0.000000107. The Morgan fingerprint density at radius 3 is 2.20 bits per heavy atom. The van der Waals surface area contributed by atoms with Crippen LogP contribution in [0.25, 0.3) is 0 Å². The second-order valence-corrected chi connectivity index (χ2v) is 2.16. The van der Waals surface area contributed by atoms with E-state index in [4.69, 9.17) is 16.6 Å². The summed E-state index contributed by atoms with van der Waals surface area (Å²) < 4.78 is 0. The first kappa shape index (κ1) is 13.3. The molecule has 0 bridgehead atoms. The van der Waals surface area contributed by atoms with Crippen LogP contribution in [0.2, 0.25) is 0 Å². The summed E-state index contributed by atoms with van der Waals surface area (Å²) in [5.74, 6) is -0.957. The second kappa shape index (κ2) is 5.32. The zero-order valence-electron chi connectivity index (χ0n) is 8.13. The van der Waals surface area contributed by atoms with Crippen LogP contribution in [0.1, 0.15) is 22.6 Å². The van der Waals surface area contributed by atoms with Gasteiger partial charge in [0.15, 0.2) is 0 Å². The molecule has 0 aliphatic rings. The van der Waals surface area contributed by atoms with Gasteiger partial charge in [-0.25, -0.2) is 0 Å². The van der Waals surface area contributed by atoms with Crippen molar-refractivity contribution in [1.82, 2.24) is 0 Å². The molecule has 0 fully saturated rings. The predicted molar refractivity (Wildman–Crippen MR) is 41.6 cm³/mol. The maximum absolute atomic E-state index is 10.0. The average molecular weight is 174 g/mol. The normalized spacial score (nSPS) is 10.3. The van der Waals surface area contributed by atoms with E-state index in [9.17, 15) is 4.79 Å². The number of rotatable bonds is 3. The molecule has 10 heavy (non-hydrogen) atoms. The van der Waals surface area contributed by atoms with Crippen molar-refractivity contribution in [2.45, 2.75) is 25.4 Å². The van der Waals surface area contributed by atoms with Gasteiger partial charge in [-0.05, 0) is 6.42 Å². The first-order valence-corrected chi connectivity index (χ1v) is 2.77. The van der Waals surface area contributed by atoms with Gasteiger partial charge in [0.2, 0.25) is 0 Å². The molecule has 4 nitrogen and oxygen atoms in total. The van der Waals surface area contributed by atoms with Crippen LogP contribution in [0.5, 0.6) is 0 Å². The average Bonchev–Trinajstić information content (AvgIpc) is 1.63. The summed E-state index contributed by atoms with van der Waals surface area (Å²) >= 11 is 0. The topological polar surface area (TPSA) is 89.3 Å². The second-order valence-electron chi connectivity index (χ2n) is 2.16. The molecule has 5 N–H and O–H groups in total. The zero-order valence-corrected chi connectivity index (χ0v) is 8.34. The number of hydrogen-bond acceptors (Lipinski definition) is 3. The Kier molecular flexibility index (Phi) is 7.05. The molecule has 0 atom stereocenters. The minimum absolute atomic E-state index is 0. The third-order valence-corrected chi connectivity index (χ3v) is 1.14. The fourth-order valence-corrected chi connectivity index (χ4v) is 0.407. The van der Waals surface area contributed by atoms with E-state index in [-0.39, 0.29) is 47.0 Å². The predicted octanol–water partition coefficient (Wildman–Crippen LogP) is -0.671. The first-order chi connectivity index (χ1) is 3.98. The summed E-state index contributed by atoms with van der Waals surface area (Å²) in [6.45, 7) is 1.75. The third-order valence-electron chi connectivity index (χ3n) is 1.14. The van der Waals surface area contributed by atoms with Crippen molar-refractivity contribution in [3.8, 4) is 0 Å². The Hall–Kier alpha value is 0.650. The fraction of sp³-hybridized carbons (Fsp3) is 0.800. The Morgan fingerprint density at radius 2 is 2.10 bits per heavy atom. The fourth-order valence-electron chi connectivity index (χ4n) is 0.407. The van der Waals surface area contributed by atoms with Crippen LogP contribution in [0, 0.1) is 0 Å². The SMILES string of the molecule is CCC(N)(N)CC(=O)O.[Ca+2].[H-].[H-]. The first-order valence-electron chi connectivity index (χ1n) is 2.77. The van der Waals surface area contributed by atoms with Crippen LogP contribution in [-0.4, -0.2) is 54.5 Å². The third kappa shape index (κ3) is 6.77. The van der Waals surface area contributed by atoms with Gasteiger partial charge in [-0.1, -0.05) is 6.92 Å². The summed E-state index contributed by atoms with van der Waals surface area (Å²) in [4.78, 5) is 10.0. The van der Waals surface area contributed by atoms with E-state index in [0.717, 1.165) is 0 Å². The molecule has 0 aliphatic heterocycles. The van der Waals surface area contributed by atoms with Gasteiger partial charge < -0.3 is 19.4 Å². The maximum atomic E-state index is 10.0. The summed E-state index contributed by atoms with van der Waals surface area (Å²) in [6, 6.07) is 0. The Morgan fingerprint density at radius 1 is 1.70 bits per heavy atom. The number of hydrogen-bond donors (Lipinski definition) is 3. The van der Waals surface area contributed by atoms with E-state index in [0.29, 0.717) is 6.42 Å². The number of carbonyl (C=O) groups is 1. The molecule has 0 aromatic carbocycles. The van der Waals surface area contributed by atoms with Gasteiger partial charge in [0.05, 0.1) is 12.1 Å². The molecule has 0 spiro atoms. The van der Waals surface area contributed by atoms with Crippen molar-refractivity contribution in [2.75, 3.05) is 0 Å². The van der Waals surface area contributed by atoms with Crippen LogP contribution in [0.4, 0.5) is 0 Å². The minimum atomic E-state index is -1.04. The van der Waals surface area contributed by atoms with Gasteiger partial charge in [0.1, 0.15) is 0 Å². The van der Waals surface area contributed by atoms with Crippen molar-refractivity contribution >= 4 is 43.7 Å². The molecule has 58 valence electrons. The molecule has 0 saturated heterocycles. The van der Waals surface area contributed by atoms with Gasteiger partial charge in [-0.2, -0.15) is 0 Å². The van der Waals surface area contributed by atoms with Crippen molar-refractivity contribution in [3.05, 3.63) is 0 Å². The van der Waals surface area contributed by atoms with Gasteiger partial charge in [-0.3, -0.25) is 4.79 Å². The molecular weight excluding hydrogens is 160 g/mol. The van der Waals surface area contributed by atoms with E-state index in [2.05, 4.69) is 0 Å². The number of carboxylic acid groups (broad SMARTS) is 1. The van der Waals surface area contributed by atoms with Gasteiger partial charge in [-0.15, -0.1) is 0 Å². The molecule has 0 radical (unpaired) electrons. The molecule has 0 saturated carbocycles. The van der Waals surface area contributed by atoms with Crippen LogP contribution < -0.4 is 11.5 Å². The molecule has 0 rings (SSSR count). The van der Waals surface area contributed by atoms with Crippen LogP contribution in [0.3, 0.4) is 0 Å². The Labute approximate surface area is 92.9 Å². The van der Waals surface area contributed by atoms with Crippen LogP contribution in [0.15, 0.2) is 0 Å².